The molecule has 0 fully saturated rings. The summed E-state index contributed by atoms with van der Waals surface area (Å²) >= 11 is 3.38. The average Bonchev–Trinajstić information content (AvgIpc) is 2.26. The van der Waals surface area contributed by atoms with Gasteiger partial charge in [0.1, 0.15) is 5.76 Å². The number of aliphatic hydroxyl groups excluding tert-OH is 1. The largest absolute Gasteiger partial charge is 0.457 e. The van der Waals surface area contributed by atoms with E-state index in [1.807, 2.05) is 24.3 Å². The minimum atomic E-state index is -0.991. The van der Waals surface area contributed by atoms with Crippen molar-refractivity contribution in [3.8, 4) is 0 Å². The third-order valence-electron chi connectivity index (χ3n) is 2.66. The number of rotatable bonds is 3. The lowest BCUT2D eigenvalue weighted by atomic mass is 10.1. The standard InChI is InChI=1S/C14H15BrO4/c1-14(2)18-9(8-13(17)19-14)7-12(16)10-5-3-4-6-11(10)15/h3-6,8,12,16H,7H2,1-2H3/t12-/m1/s1. The van der Waals surface area contributed by atoms with Crippen LogP contribution in [0.5, 0.6) is 0 Å². The number of benzene rings is 1. The second kappa shape index (κ2) is 5.35. The number of ether oxygens (including phenoxy) is 2. The van der Waals surface area contributed by atoms with Crippen LogP contribution in [-0.4, -0.2) is 16.9 Å². The van der Waals surface area contributed by atoms with Gasteiger partial charge in [-0.1, -0.05) is 34.1 Å². The predicted octanol–water partition coefficient (Wildman–Crippen LogP) is 3.07. The third-order valence-corrected chi connectivity index (χ3v) is 3.38. The highest BCUT2D eigenvalue weighted by Gasteiger charge is 2.31. The molecule has 4 nitrogen and oxygen atoms in total. The van der Waals surface area contributed by atoms with Gasteiger partial charge in [-0.15, -0.1) is 0 Å². The summed E-state index contributed by atoms with van der Waals surface area (Å²) in [7, 11) is 0. The lowest BCUT2D eigenvalue weighted by Crippen LogP contribution is -2.34. The smallest absolute Gasteiger partial charge is 0.337 e. The second-order valence-electron chi connectivity index (χ2n) is 4.78. The van der Waals surface area contributed by atoms with Crippen molar-refractivity contribution in [2.45, 2.75) is 32.2 Å². The van der Waals surface area contributed by atoms with E-state index in [-0.39, 0.29) is 6.42 Å². The van der Waals surface area contributed by atoms with Crippen molar-refractivity contribution in [3.05, 3.63) is 46.1 Å². The minimum Gasteiger partial charge on any atom is -0.457 e. The highest BCUT2D eigenvalue weighted by atomic mass is 79.9. The fraction of sp³-hybridized carbons (Fsp3) is 0.357. The Morgan fingerprint density at radius 1 is 1.32 bits per heavy atom. The first kappa shape index (κ1) is 14.1. The zero-order valence-corrected chi connectivity index (χ0v) is 12.3. The van der Waals surface area contributed by atoms with Crippen LogP contribution < -0.4 is 0 Å². The molecule has 1 aromatic rings. The van der Waals surface area contributed by atoms with Crippen molar-refractivity contribution < 1.29 is 19.4 Å². The summed E-state index contributed by atoms with van der Waals surface area (Å²) in [6, 6.07) is 7.39. The molecule has 0 aliphatic carbocycles. The lowest BCUT2D eigenvalue weighted by Gasteiger charge is -2.31. The summed E-state index contributed by atoms with van der Waals surface area (Å²) in [6.07, 6.45) is 0.746. The van der Waals surface area contributed by atoms with Crippen LogP contribution in [0, 0.1) is 0 Å². The van der Waals surface area contributed by atoms with E-state index in [2.05, 4.69) is 15.9 Å². The van der Waals surface area contributed by atoms with Crippen LogP contribution >= 0.6 is 15.9 Å². The summed E-state index contributed by atoms with van der Waals surface area (Å²) in [4.78, 5) is 11.4. The first-order valence-corrected chi connectivity index (χ1v) is 6.72. The molecule has 0 bridgehead atoms. The van der Waals surface area contributed by atoms with Crippen LogP contribution in [0.1, 0.15) is 31.9 Å². The molecule has 19 heavy (non-hydrogen) atoms. The molecule has 1 aliphatic heterocycles. The number of esters is 1. The van der Waals surface area contributed by atoms with E-state index in [9.17, 15) is 9.90 Å². The van der Waals surface area contributed by atoms with Crippen molar-refractivity contribution in [2.24, 2.45) is 0 Å². The summed E-state index contributed by atoms with van der Waals surface area (Å²) < 4.78 is 11.3. The van der Waals surface area contributed by atoms with Gasteiger partial charge >= 0.3 is 5.97 Å². The Labute approximate surface area is 120 Å². The van der Waals surface area contributed by atoms with Crippen molar-refractivity contribution in [2.75, 3.05) is 0 Å². The quantitative estimate of drug-likeness (QED) is 0.867. The molecule has 0 unspecified atom stereocenters. The highest BCUT2D eigenvalue weighted by molar-refractivity contribution is 9.10. The molecule has 5 heteroatoms. The van der Waals surface area contributed by atoms with Gasteiger partial charge in [-0.05, 0) is 11.6 Å². The van der Waals surface area contributed by atoms with Crippen LogP contribution in [0.15, 0.2) is 40.6 Å². The summed E-state index contributed by atoms with van der Waals surface area (Å²) in [6.45, 7) is 3.31. The molecule has 1 atom stereocenters. The monoisotopic (exact) mass is 326 g/mol. The third kappa shape index (κ3) is 3.58. The second-order valence-corrected chi connectivity index (χ2v) is 5.63. The van der Waals surface area contributed by atoms with Gasteiger partial charge in [-0.25, -0.2) is 4.79 Å². The lowest BCUT2D eigenvalue weighted by molar-refractivity contribution is -0.206. The topological polar surface area (TPSA) is 55.8 Å². The van der Waals surface area contributed by atoms with Crippen molar-refractivity contribution in [1.29, 1.82) is 0 Å². The molecule has 1 heterocycles. The van der Waals surface area contributed by atoms with E-state index < -0.39 is 17.9 Å². The minimum absolute atomic E-state index is 0.223. The van der Waals surface area contributed by atoms with E-state index >= 15 is 0 Å². The van der Waals surface area contributed by atoms with E-state index in [0.717, 1.165) is 10.0 Å². The van der Waals surface area contributed by atoms with Gasteiger partial charge in [0.2, 0.25) is 5.79 Å². The first-order chi connectivity index (χ1) is 8.87. The van der Waals surface area contributed by atoms with Crippen molar-refractivity contribution in [1.82, 2.24) is 0 Å². The molecule has 0 radical (unpaired) electrons. The molecule has 1 N–H and O–H groups in total. The number of halogens is 1. The Morgan fingerprint density at radius 2 is 2.00 bits per heavy atom. The molecular formula is C14H15BrO4. The fourth-order valence-corrected chi connectivity index (χ4v) is 2.46. The normalized spacial score (nSPS) is 19.2. The Balaban J connectivity index is 2.13. The average molecular weight is 327 g/mol. The first-order valence-electron chi connectivity index (χ1n) is 5.92. The zero-order valence-electron chi connectivity index (χ0n) is 10.7. The highest BCUT2D eigenvalue weighted by Crippen LogP contribution is 2.31. The molecule has 0 aromatic heterocycles. The Morgan fingerprint density at radius 3 is 2.63 bits per heavy atom. The van der Waals surface area contributed by atoms with E-state index in [4.69, 9.17) is 9.47 Å². The summed E-state index contributed by atoms with van der Waals surface area (Å²) in [5.74, 6) is -1.02. The predicted molar refractivity (Wildman–Crippen MR) is 73.1 cm³/mol. The Bertz CT molecular complexity index is 522. The molecule has 1 aromatic carbocycles. The van der Waals surface area contributed by atoms with E-state index in [0.29, 0.717) is 5.76 Å². The van der Waals surface area contributed by atoms with Gasteiger partial charge in [-0.2, -0.15) is 0 Å². The van der Waals surface area contributed by atoms with Crippen LogP contribution in [0.25, 0.3) is 0 Å². The number of hydrogen-bond acceptors (Lipinski definition) is 4. The zero-order chi connectivity index (χ0) is 14.0. The Kier molecular flexibility index (Phi) is 3.96. The Hall–Kier alpha value is -1.33. The molecule has 1 aliphatic rings. The van der Waals surface area contributed by atoms with Gasteiger partial charge in [-0.3, -0.25) is 0 Å². The van der Waals surface area contributed by atoms with Crippen LogP contribution in [0.4, 0.5) is 0 Å². The SMILES string of the molecule is CC1(C)OC(=O)C=C(C[C@@H](O)c2ccccc2Br)O1. The summed E-state index contributed by atoms with van der Waals surface area (Å²) in [5, 5.41) is 10.2. The van der Waals surface area contributed by atoms with Crippen LogP contribution in [-0.2, 0) is 14.3 Å². The maximum Gasteiger partial charge on any atom is 0.337 e. The molecule has 0 spiro atoms. The number of hydrogen-bond donors (Lipinski definition) is 1. The molecular weight excluding hydrogens is 312 g/mol. The molecule has 2 rings (SSSR count). The van der Waals surface area contributed by atoms with Gasteiger partial charge in [0, 0.05) is 24.7 Å². The van der Waals surface area contributed by atoms with Gasteiger partial charge < -0.3 is 14.6 Å². The van der Waals surface area contributed by atoms with Crippen molar-refractivity contribution >= 4 is 21.9 Å². The van der Waals surface area contributed by atoms with Crippen molar-refractivity contribution in [3.63, 3.8) is 0 Å². The fourth-order valence-electron chi connectivity index (χ4n) is 1.92. The number of carbonyl (C=O) groups is 1. The number of cyclic esters (lactones) is 1. The van der Waals surface area contributed by atoms with Crippen LogP contribution in [0.2, 0.25) is 0 Å². The van der Waals surface area contributed by atoms with Gasteiger partial charge in [0.05, 0.1) is 12.2 Å². The molecule has 102 valence electrons. The maximum atomic E-state index is 11.4. The van der Waals surface area contributed by atoms with E-state index in [1.165, 1.54) is 6.08 Å². The van der Waals surface area contributed by atoms with Gasteiger partial charge in [0.15, 0.2) is 0 Å². The molecule has 0 saturated carbocycles. The maximum absolute atomic E-state index is 11.4. The number of carbonyl (C=O) groups excluding carboxylic acids is 1. The van der Waals surface area contributed by atoms with Crippen LogP contribution in [0.3, 0.4) is 0 Å². The van der Waals surface area contributed by atoms with Gasteiger partial charge in [0.25, 0.3) is 0 Å². The summed E-state index contributed by atoms with van der Waals surface area (Å²) in [5.41, 5.74) is 0.753. The molecule has 0 saturated heterocycles. The van der Waals surface area contributed by atoms with E-state index in [1.54, 1.807) is 13.8 Å². The molecule has 0 amide bonds. The number of aliphatic hydroxyl groups is 1.